The van der Waals surface area contributed by atoms with Crippen LogP contribution in [0, 0.1) is 5.92 Å². The van der Waals surface area contributed by atoms with Gasteiger partial charge < -0.3 is 15.5 Å². The molecule has 0 bridgehead atoms. The van der Waals surface area contributed by atoms with Crippen molar-refractivity contribution in [3.63, 3.8) is 0 Å². The fourth-order valence-electron chi connectivity index (χ4n) is 4.54. The third-order valence-electron chi connectivity index (χ3n) is 5.79. The number of rotatable bonds is 6. The topological polar surface area (TPSA) is 60.0 Å². The van der Waals surface area contributed by atoms with Crippen LogP contribution in [0.2, 0.25) is 0 Å². The molecule has 2 heterocycles. The van der Waals surface area contributed by atoms with Crippen LogP contribution >= 0.6 is 24.0 Å². The zero-order valence-corrected chi connectivity index (χ0v) is 20.1. The smallest absolute Gasteiger partial charge is 0.241 e. The minimum atomic E-state index is -0.0144. The molecule has 29 heavy (non-hydrogen) atoms. The summed E-state index contributed by atoms with van der Waals surface area (Å²) in [5, 5.41) is 6.20. The second-order valence-electron chi connectivity index (χ2n) is 7.78. The van der Waals surface area contributed by atoms with E-state index in [9.17, 15) is 4.79 Å². The Bertz CT molecular complexity index is 654. The maximum absolute atomic E-state index is 11.8. The van der Waals surface area contributed by atoms with Crippen LogP contribution in [0.15, 0.2) is 35.3 Å². The van der Waals surface area contributed by atoms with Crippen molar-refractivity contribution in [2.45, 2.75) is 45.7 Å². The van der Waals surface area contributed by atoms with Gasteiger partial charge in [0.05, 0.1) is 0 Å². The largest absolute Gasteiger partial charge is 0.357 e. The van der Waals surface area contributed by atoms with Crippen molar-refractivity contribution < 1.29 is 4.79 Å². The summed E-state index contributed by atoms with van der Waals surface area (Å²) >= 11 is 0. The summed E-state index contributed by atoms with van der Waals surface area (Å²) in [6.07, 6.45) is 3.69. The summed E-state index contributed by atoms with van der Waals surface area (Å²) in [7, 11) is 0. The number of likely N-dealkylation sites (N-methyl/N-ethyl adjacent to an activating group) is 1. The first-order valence-electron chi connectivity index (χ1n) is 10.8. The number of carbonyl (C=O) groups is 1. The molecule has 2 N–H and O–H groups in total. The van der Waals surface area contributed by atoms with Crippen LogP contribution in [-0.4, -0.2) is 67.0 Å². The zero-order chi connectivity index (χ0) is 19.8. The summed E-state index contributed by atoms with van der Waals surface area (Å²) in [4.78, 5) is 21.4. The Kier molecular flexibility index (Phi) is 10.2. The molecule has 2 saturated heterocycles. The maximum atomic E-state index is 11.8. The Morgan fingerprint density at radius 1 is 1.10 bits per heavy atom. The lowest BCUT2D eigenvalue weighted by Crippen LogP contribution is -2.56. The molecule has 2 atom stereocenters. The molecule has 7 heteroatoms. The van der Waals surface area contributed by atoms with Gasteiger partial charge in [0.15, 0.2) is 5.96 Å². The van der Waals surface area contributed by atoms with Crippen molar-refractivity contribution in [2.24, 2.45) is 10.9 Å². The molecule has 0 saturated carbocycles. The molecule has 3 rings (SSSR count). The number of benzene rings is 1. The number of halogens is 1. The van der Waals surface area contributed by atoms with Crippen molar-refractivity contribution >= 4 is 35.8 Å². The number of aliphatic imine (C=N–C) groups is 1. The fourth-order valence-corrected chi connectivity index (χ4v) is 4.54. The molecule has 0 radical (unpaired) electrons. The minimum Gasteiger partial charge on any atom is -0.357 e. The molecule has 2 aliphatic heterocycles. The monoisotopic (exact) mass is 513 g/mol. The van der Waals surface area contributed by atoms with Gasteiger partial charge in [-0.15, -0.1) is 24.0 Å². The average molecular weight is 513 g/mol. The summed E-state index contributed by atoms with van der Waals surface area (Å²) in [5.74, 6) is 1.53. The van der Waals surface area contributed by atoms with E-state index >= 15 is 0 Å². The van der Waals surface area contributed by atoms with Crippen LogP contribution in [0.4, 0.5) is 0 Å². The molecular weight excluding hydrogens is 477 g/mol. The van der Waals surface area contributed by atoms with Gasteiger partial charge in [-0.05, 0) is 51.1 Å². The van der Waals surface area contributed by atoms with E-state index in [-0.39, 0.29) is 36.4 Å². The number of nitrogens with one attached hydrogen (secondary N) is 2. The number of amides is 1. The van der Waals surface area contributed by atoms with Gasteiger partial charge in [-0.3, -0.25) is 9.69 Å². The highest BCUT2D eigenvalue weighted by molar-refractivity contribution is 14.0. The van der Waals surface area contributed by atoms with Gasteiger partial charge in [-0.1, -0.05) is 30.3 Å². The fraction of sp³-hybridized carbons (Fsp3) is 0.636. The van der Waals surface area contributed by atoms with E-state index in [0.29, 0.717) is 18.5 Å². The lowest BCUT2D eigenvalue weighted by molar-refractivity contribution is -0.119. The number of piperidine rings is 2. The Morgan fingerprint density at radius 2 is 1.86 bits per heavy atom. The normalized spacial score (nSPS) is 22.4. The molecule has 0 spiro atoms. The Hall–Kier alpha value is -1.35. The third kappa shape index (κ3) is 6.84. The highest BCUT2D eigenvalue weighted by Crippen LogP contribution is 2.31. The molecule has 1 amide bonds. The second-order valence-corrected chi connectivity index (χ2v) is 7.78. The Morgan fingerprint density at radius 3 is 2.59 bits per heavy atom. The van der Waals surface area contributed by atoms with Gasteiger partial charge in [0.1, 0.15) is 6.54 Å². The Labute approximate surface area is 192 Å². The number of hydrogen-bond acceptors (Lipinski definition) is 3. The highest BCUT2D eigenvalue weighted by Gasteiger charge is 2.36. The van der Waals surface area contributed by atoms with Crippen LogP contribution in [0.5, 0.6) is 0 Å². The van der Waals surface area contributed by atoms with Crippen molar-refractivity contribution in [3.8, 4) is 0 Å². The summed E-state index contributed by atoms with van der Waals surface area (Å²) in [5.41, 5.74) is 1.41. The molecule has 0 aliphatic carbocycles. The molecule has 162 valence electrons. The standard InChI is InChI=1S/C22H35N5O.HI/c1-3-23-21(28)15-25-22(24-4-2)27-14-12-20-19(17-27)11-8-13-26(20)16-18-9-6-5-7-10-18;/h5-7,9-10,19-20H,3-4,8,11-17H2,1-2H3,(H,23,28)(H,24,25);1H. The second kappa shape index (κ2) is 12.4. The molecule has 2 aliphatic rings. The van der Waals surface area contributed by atoms with Crippen LogP contribution in [0.3, 0.4) is 0 Å². The van der Waals surface area contributed by atoms with Gasteiger partial charge in [0.25, 0.3) is 0 Å². The molecule has 2 unspecified atom stereocenters. The van der Waals surface area contributed by atoms with Crippen molar-refractivity contribution in [1.29, 1.82) is 0 Å². The number of carbonyl (C=O) groups excluding carboxylic acids is 1. The van der Waals surface area contributed by atoms with Gasteiger partial charge in [0.2, 0.25) is 5.91 Å². The number of likely N-dealkylation sites (tertiary alicyclic amines) is 2. The first-order valence-corrected chi connectivity index (χ1v) is 10.8. The molecule has 1 aromatic rings. The van der Waals surface area contributed by atoms with Crippen molar-refractivity contribution in [3.05, 3.63) is 35.9 Å². The van der Waals surface area contributed by atoms with E-state index in [1.54, 1.807) is 0 Å². The van der Waals surface area contributed by atoms with Gasteiger partial charge >= 0.3 is 0 Å². The first kappa shape index (κ1) is 23.9. The Balaban J connectivity index is 0.00000300. The molecule has 2 fully saturated rings. The molecular formula is C22H36IN5O. The van der Waals surface area contributed by atoms with E-state index in [1.165, 1.54) is 24.9 Å². The van der Waals surface area contributed by atoms with Crippen LogP contribution in [0.25, 0.3) is 0 Å². The lowest BCUT2D eigenvalue weighted by atomic mass is 9.83. The predicted molar refractivity (Wildman–Crippen MR) is 130 cm³/mol. The van der Waals surface area contributed by atoms with E-state index in [4.69, 9.17) is 0 Å². The summed E-state index contributed by atoms with van der Waals surface area (Å²) < 4.78 is 0. The SMILES string of the molecule is CCNC(=O)CN=C(NCC)N1CCC2C(CCCN2Cc2ccccc2)C1.I. The van der Waals surface area contributed by atoms with Crippen LogP contribution < -0.4 is 10.6 Å². The number of hydrogen-bond donors (Lipinski definition) is 2. The maximum Gasteiger partial charge on any atom is 0.241 e. The van der Waals surface area contributed by atoms with Crippen LogP contribution in [-0.2, 0) is 11.3 Å². The molecule has 6 nitrogen and oxygen atoms in total. The summed E-state index contributed by atoms with van der Waals surface area (Å²) in [6.45, 7) is 9.94. The predicted octanol–water partition coefficient (Wildman–Crippen LogP) is 2.69. The van der Waals surface area contributed by atoms with E-state index in [0.717, 1.165) is 38.6 Å². The lowest BCUT2D eigenvalue weighted by Gasteiger charge is -2.48. The average Bonchev–Trinajstić information content (AvgIpc) is 2.72. The van der Waals surface area contributed by atoms with Crippen molar-refractivity contribution in [1.82, 2.24) is 20.4 Å². The molecule has 1 aromatic carbocycles. The van der Waals surface area contributed by atoms with E-state index < -0.39 is 0 Å². The number of nitrogens with zero attached hydrogens (tertiary/aromatic N) is 3. The van der Waals surface area contributed by atoms with Gasteiger partial charge in [-0.2, -0.15) is 0 Å². The number of fused-ring (bicyclic) bond motifs is 1. The third-order valence-corrected chi connectivity index (χ3v) is 5.79. The minimum absolute atomic E-state index is 0. The van der Waals surface area contributed by atoms with Crippen LogP contribution in [0.1, 0.15) is 38.7 Å². The zero-order valence-electron chi connectivity index (χ0n) is 17.8. The van der Waals surface area contributed by atoms with E-state index in [1.807, 2.05) is 6.92 Å². The number of guanidine groups is 1. The molecule has 0 aromatic heterocycles. The van der Waals surface area contributed by atoms with Gasteiger partial charge in [0, 0.05) is 38.8 Å². The van der Waals surface area contributed by atoms with Crippen molar-refractivity contribution in [2.75, 3.05) is 39.3 Å². The highest BCUT2D eigenvalue weighted by atomic mass is 127. The summed E-state index contributed by atoms with van der Waals surface area (Å²) in [6, 6.07) is 11.5. The van der Waals surface area contributed by atoms with E-state index in [2.05, 4.69) is 62.7 Å². The van der Waals surface area contributed by atoms with Gasteiger partial charge in [-0.25, -0.2) is 4.99 Å². The quantitative estimate of drug-likeness (QED) is 0.349. The first-order chi connectivity index (χ1) is 13.7.